The molecule has 0 aliphatic heterocycles. The molecule has 0 bridgehead atoms. The van der Waals surface area contributed by atoms with E-state index in [0.717, 1.165) is 35.1 Å². The third kappa shape index (κ3) is 3.66. The maximum Gasteiger partial charge on any atom is 0.255 e. The monoisotopic (exact) mass is 390 g/mol. The van der Waals surface area contributed by atoms with Gasteiger partial charge in [0.05, 0.1) is 22.8 Å². The van der Waals surface area contributed by atoms with Crippen LogP contribution in [0.5, 0.6) is 0 Å². The Hall–Kier alpha value is -2.69. The molecule has 0 atom stereocenters. The van der Waals surface area contributed by atoms with Crippen molar-refractivity contribution in [2.75, 3.05) is 0 Å². The molecule has 0 saturated heterocycles. The molecule has 1 fully saturated rings. The van der Waals surface area contributed by atoms with Crippen molar-refractivity contribution in [2.24, 2.45) is 0 Å². The van der Waals surface area contributed by atoms with Crippen LogP contribution >= 0.6 is 0 Å². The molecule has 2 heterocycles. The highest BCUT2D eigenvalue weighted by Gasteiger charge is 2.31. The van der Waals surface area contributed by atoms with Gasteiger partial charge in [0, 0.05) is 23.7 Å². The van der Waals surface area contributed by atoms with E-state index in [1.165, 1.54) is 12.8 Å². The van der Waals surface area contributed by atoms with Crippen molar-refractivity contribution in [1.82, 2.24) is 19.7 Å². The van der Waals surface area contributed by atoms with Crippen LogP contribution in [-0.4, -0.2) is 37.7 Å². The molecule has 1 aromatic carbocycles. The predicted octanol–water partition coefficient (Wildman–Crippen LogP) is 5.47. The lowest BCUT2D eigenvalue weighted by Crippen LogP contribution is -2.43. The van der Waals surface area contributed by atoms with Gasteiger partial charge in [0.2, 0.25) is 0 Å². The summed E-state index contributed by atoms with van der Waals surface area (Å²) in [6.45, 7) is 8.40. The molecule has 2 aromatic heterocycles. The molecule has 1 saturated carbocycles. The smallest absolute Gasteiger partial charge is 0.255 e. The zero-order valence-corrected chi connectivity index (χ0v) is 17.8. The van der Waals surface area contributed by atoms with Gasteiger partial charge in [-0.25, -0.2) is 9.67 Å². The Kier molecular flexibility index (Phi) is 5.39. The highest BCUT2D eigenvalue weighted by molar-refractivity contribution is 6.06. The van der Waals surface area contributed by atoms with Gasteiger partial charge in [-0.1, -0.05) is 43.2 Å². The third-order valence-corrected chi connectivity index (χ3v) is 5.86. The quantitative estimate of drug-likeness (QED) is 0.580. The summed E-state index contributed by atoms with van der Waals surface area (Å²) in [7, 11) is 0. The number of benzene rings is 1. The van der Waals surface area contributed by atoms with Crippen LogP contribution in [0.2, 0.25) is 0 Å². The molecular weight excluding hydrogens is 360 g/mol. The van der Waals surface area contributed by atoms with Crippen molar-refractivity contribution in [3.05, 3.63) is 48.2 Å². The Balaban J connectivity index is 1.89. The minimum absolute atomic E-state index is 0.0970. The summed E-state index contributed by atoms with van der Waals surface area (Å²) in [6, 6.07) is 12.7. The molecule has 1 aliphatic rings. The number of amides is 1. The van der Waals surface area contributed by atoms with Gasteiger partial charge in [0.1, 0.15) is 0 Å². The van der Waals surface area contributed by atoms with Crippen molar-refractivity contribution in [1.29, 1.82) is 0 Å². The Bertz CT molecular complexity index is 1000. The molecule has 3 aromatic rings. The van der Waals surface area contributed by atoms with E-state index in [2.05, 4.69) is 37.7 Å². The fourth-order valence-electron chi connectivity index (χ4n) is 4.47. The minimum Gasteiger partial charge on any atom is -0.333 e. The number of carbonyl (C=O) groups excluding carboxylic acids is 1. The number of fused-ring (bicyclic) bond motifs is 1. The van der Waals surface area contributed by atoms with Gasteiger partial charge in [0.25, 0.3) is 5.91 Å². The van der Waals surface area contributed by atoms with Crippen LogP contribution in [0.15, 0.2) is 42.6 Å². The van der Waals surface area contributed by atoms with Crippen LogP contribution < -0.4 is 0 Å². The standard InChI is InChI=1S/C24H30N4O/c1-16(2)27(19-12-8-9-13-19)24(29)20-14-22(18-10-6-5-7-11-18)26-23-21(20)15-25-28(23)17(3)4/h5-7,10-11,14-17,19H,8-9,12-13H2,1-4H3. The van der Waals surface area contributed by atoms with Crippen LogP contribution in [0.3, 0.4) is 0 Å². The van der Waals surface area contributed by atoms with E-state index in [1.54, 1.807) is 6.20 Å². The minimum atomic E-state index is 0.0970. The average molecular weight is 391 g/mol. The van der Waals surface area contributed by atoms with Crippen LogP contribution in [-0.2, 0) is 0 Å². The largest absolute Gasteiger partial charge is 0.333 e. The summed E-state index contributed by atoms with van der Waals surface area (Å²) in [5.74, 6) is 0.0970. The number of aromatic nitrogens is 3. The first-order valence-electron chi connectivity index (χ1n) is 10.7. The maximum absolute atomic E-state index is 13.8. The summed E-state index contributed by atoms with van der Waals surface area (Å²) in [6.07, 6.45) is 6.39. The lowest BCUT2D eigenvalue weighted by Gasteiger charge is -2.33. The third-order valence-electron chi connectivity index (χ3n) is 5.86. The lowest BCUT2D eigenvalue weighted by molar-refractivity contribution is 0.0615. The van der Waals surface area contributed by atoms with E-state index < -0.39 is 0 Å². The zero-order chi connectivity index (χ0) is 20.5. The summed E-state index contributed by atoms with van der Waals surface area (Å²) in [4.78, 5) is 20.8. The molecular formula is C24H30N4O. The molecule has 5 heteroatoms. The zero-order valence-electron chi connectivity index (χ0n) is 17.8. The number of hydrogen-bond donors (Lipinski definition) is 0. The molecule has 0 N–H and O–H groups in total. The van der Waals surface area contributed by atoms with Gasteiger partial charge < -0.3 is 4.90 Å². The highest BCUT2D eigenvalue weighted by atomic mass is 16.2. The van der Waals surface area contributed by atoms with Crippen molar-refractivity contribution < 1.29 is 4.79 Å². The molecule has 0 spiro atoms. The predicted molar refractivity (Wildman–Crippen MR) is 117 cm³/mol. The second kappa shape index (κ2) is 7.97. The maximum atomic E-state index is 13.8. The fraction of sp³-hybridized carbons (Fsp3) is 0.458. The average Bonchev–Trinajstić information content (AvgIpc) is 3.37. The van der Waals surface area contributed by atoms with Gasteiger partial charge in [-0.2, -0.15) is 5.10 Å². The first kappa shape index (κ1) is 19.6. The van der Waals surface area contributed by atoms with Gasteiger partial charge in [-0.3, -0.25) is 4.79 Å². The lowest BCUT2D eigenvalue weighted by atomic mass is 10.0. The van der Waals surface area contributed by atoms with Crippen LogP contribution in [0.25, 0.3) is 22.3 Å². The van der Waals surface area contributed by atoms with Crippen LogP contribution in [0.4, 0.5) is 0 Å². The highest BCUT2D eigenvalue weighted by Crippen LogP contribution is 2.31. The van der Waals surface area contributed by atoms with E-state index in [9.17, 15) is 4.79 Å². The summed E-state index contributed by atoms with van der Waals surface area (Å²) >= 11 is 0. The molecule has 4 rings (SSSR count). The van der Waals surface area contributed by atoms with Crippen molar-refractivity contribution in [3.8, 4) is 11.3 Å². The normalized spacial score (nSPS) is 15.0. The summed E-state index contributed by atoms with van der Waals surface area (Å²) in [5, 5.41) is 5.40. The van der Waals surface area contributed by atoms with Gasteiger partial charge in [-0.15, -0.1) is 0 Å². The van der Waals surface area contributed by atoms with E-state index in [0.29, 0.717) is 11.6 Å². The molecule has 0 unspecified atom stereocenters. The SMILES string of the molecule is CC(C)N(C(=O)c1cc(-c2ccccc2)nc2c1cnn2C(C)C)C1CCCC1. The van der Waals surface area contributed by atoms with Crippen LogP contribution in [0, 0.1) is 0 Å². The number of nitrogens with zero attached hydrogens (tertiary/aromatic N) is 4. The van der Waals surface area contributed by atoms with E-state index >= 15 is 0 Å². The Morgan fingerprint density at radius 3 is 2.41 bits per heavy atom. The van der Waals surface area contributed by atoms with Gasteiger partial charge >= 0.3 is 0 Å². The molecule has 29 heavy (non-hydrogen) atoms. The Labute approximate surface area is 172 Å². The van der Waals surface area contributed by atoms with E-state index in [4.69, 9.17) is 4.98 Å². The van der Waals surface area contributed by atoms with E-state index in [1.807, 2.05) is 41.1 Å². The van der Waals surface area contributed by atoms with Gasteiger partial charge in [-0.05, 0) is 46.6 Å². The Morgan fingerprint density at radius 1 is 1.10 bits per heavy atom. The number of pyridine rings is 1. The Morgan fingerprint density at radius 2 is 1.79 bits per heavy atom. The number of carbonyl (C=O) groups is 1. The van der Waals surface area contributed by atoms with Gasteiger partial charge in [0.15, 0.2) is 5.65 Å². The topological polar surface area (TPSA) is 51.0 Å². The van der Waals surface area contributed by atoms with Crippen molar-refractivity contribution in [3.63, 3.8) is 0 Å². The summed E-state index contributed by atoms with van der Waals surface area (Å²) in [5.41, 5.74) is 3.32. The first-order chi connectivity index (χ1) is 14.0. The molecule has 1 aliphatic carbocycles. The van der Waals surface area contributed by atoms with Crippen LogP contribution in [0.1, 0.15) is 69.8 Å². The molecule has 152 valence electrons. The number of rotatable bonds is 5. The molecule has 5 nitrogen and oxygen atoms in total. The van der Waals surface area contributed by atoms with E-state index in [-0.39, 0.29) is 18.0 Å². The van der Waals surface area contributed by atoms with Crippen molar-refractivity contribution >= 4 is 16.9 Å². The van der Waals surface area contributed by atoms with Crippen molar-refractivity contribution in [2.45, 2.75) is 71.5 Å². The molecule has 0 radical (unpaired) electrons. The summed E-state index contributed by atoms with van der Waals surface area (Å²) < 4.78 is 1.91. The first-order valence-corrected chi connectivity index (χ1v) is 10.7. The fourth-order valence-corrected chi connectivity index (χ4v) is 4.47. The molecule has 1 amide bonds. The second-order valence-corrected chi connectivity index (χ2v) is 8.59. The second-order valence-electron chi connectivity index (χ2n) is 8.59. The number of hydrogen-bond acceptors (Lipinski definition) is 3.